The molecule has 0 aromatic heterocycles. The first kappa shape index (κ1) is 19.7. The lowest BCUT2D eigenvalue weighted by atomic mass is 9.94. The highest BCUT2D eigenvalue weighted by atomic mass is 35.5. The standard InChI is InChI=1S/C20H21ClN2O3/c1-13(2)19(18(22-25)15-7-5-4-6-8-15)23(26)14(3)20(24)16-9-11-17(21)12-10-16/h4-13,19,25H,1-3H3/b22-18-,23-14-/t19-/m0/s1. The van der Waals surface area contributed by atoms with Gasteiger partial charge in [0.15, 0.2) is 5.71 Å². The van der Waals surface area contributed by atoms with E-state index in [4.69, 9.17) is 11.6 Å². The smallest absolute Gasteiger partial charge is 0.252 e. The van der Waals surface area contributed by atoms with Gasteiger partial charge >= 0.3 is 0 Å². The van der Waals surface area contributed by atoms with Crippen LogP contribution in [0.4, 0.5) is 0 Å². The van der Waals surface area contributed by atoms with Gasteiger partial charge in [-0.05, 0) is 24.3 Å². The Labute approximate surface area is 157 Å². The molecule has 136 valence electrons. The molecule has 0 bridgehead atoms. The van der Waals surface area contributed by atoms with Crippen molar-refractivity contribution in [1.82, 2.24) is 0 Å². The summed E-state index contributed by atoms with van der Waals surface area (Å²) in [4.78, 5) is 12.6. The van der Waals surface area contributed by atoms with Crippen LogP contribution in [0.25, 0.3) is 0 Å². The zero-order valence-electron chi connectivity index (χ0n) is 14.9. The highest BCUT2D eigenvalue weighted by Crippen LogP contribution is 2.16. The van der Waals surface area contributed by atoms with Gasteiger partial charge in [0, 0.05) is 29.0 Å². The number of hydroxylamine groups is 1. The fraction of sp³-hybridized carbons (Fsp3) is 0.250. The third-order valence-corrected chi connectivity index (χ3v) is 4.36. The molecule has 6 heteroatoms. The zero-order chi connectivity index (χ0) is 19.3. The van der Waals surface area contributed by atoms with Crippen LogP contribution in [0.5, 0.6) is 0 Å². The average Bonchev–Trinajstić information content (AvgIpc) is 2.65. The SMILES string of the molecule is C/C(C(=O)c1ccc(Cl)cc1)=[N+](/[O-])[C@H](/C(=N\O)c1ccccc1)C(C)C. The molecule has 2 aromatic carbocycles. The number of benzene rings is 2. The fourth-order valence-electron chi connectivity index (χ4n) is 2.71. The fourth-order valence-corrected chi connectivity index (χ4v) is 2.84. The van der Waals surface area contributed by atoms with E-state index in [9.17, 15) is 15.2 Å². The molecule has 0 spiro atoms. The first-order valence-corrected chi connectivity index (χ1v) is 8.62. The van der Waals surface area contributed by atoms with E-state index in [1.165, 1.54) is 6.92 Å². The molecule has 2 rings (SSSR count). The van der Waals surface area contributed by atoms with Gasteiger partial charge in [0.2, 0.25) is 11.8 Å². The Morgan fingerprint density at radius 2 is 1.65 bits per heavy atom. The number of rotatable bonds is 6. The first-order valence-electron chi connectivity index (χ1n) is 8.24. The van der Waals surface area contributed by atoms with Crippen molar-refractivity contribution in [2.75, 3.05) is 0 Å². The van der Waals surface area contributed by atoms with Crippen molar-refractivity contribution in [3.63, 3.8) is 0 Å². The second-order valence-corrected chi connectivity index (χ2v) is 6.72. The Balaban J connectivity index is 2.46. The number of hydrogen-bond donors (Lipinski definition) is 1. The Morgan fingerprint density at radius 3 is 2.15 bits per heavy atom. The van der Waals surface area contributed by atoms with Crippen LogP contribution in [-0.4, -0.2) is 33.2 Å². The summed E-state index contributed by atoms with van der Waals surface area (Å²) < 4.78 is 0.629. The van der Waals surface area contributed by atoms with E-state index in [0.717, 1.165) is 0 Å². The lowest BCUT2D eigenvalue weighted by molar-refractivity contribution is -0.488. The summed E-state index contributed by atoms with van der Waals surface area (Å²) in [6.07, 6.45) is 0. The number of hydrogen-bond acceptors (Lipinski definition) is 4. The van der Waals surface area contributed by atoms with E-state index in [2.05, 4.69) is 5.16 Å². The van der Waals surface area contributed by atoms with Crippen molar-refractivity contribution in [2.45, 2.75) is 26.8 Å². The quantitative estimate of drug-likeness (QED) is 0.204. The number of carbonyl (C=O) groups is 1. The van der Waals surface area contributed by atoms with E-state index < -0.39 is 11.8 Å². The monoisotopic (exact) mass is 372 g/mol. The summed E-state index contributed by atoms with van der Waals surface area (Å²) in [6, 6.07) is 14.5. The van der Waals surface area contributed by atoms with Gasteiger partial charge in [-0.1, -0.05) is 60.9 Å². The number of nitrogens with zero attached hydrogens (tertiary/aromatic N) is 2. The summed E-state index contributed by atoms with van der Waals surface area (Å²) in [5, 5.41) is 26.4. The molecule has 0 radical (unpaired) electrons. The minimum atomic E-state index is -0.807. The third-order valence-electron chi connectivity index (χ3n) is 4.11. The van der Waals surface area contributed by atoms with Crippen molar-refractivity contribution in [1.29, 1.82) is 0 Å². The van der Waals surface area contributed by atoms with Gasteiger partial charge in [-0.2, -0.15) is 4.74 Å². The molecular weight excluding hydrogens is 352 g/mol. The molecule has 0 amide bonds. The molecule has 1 N–H and O–H groups in total. The summed E-state index contributed by atoms with van der Waals surface area (Å²) in [5.74, 6) is -0.584. The van der Waals surface area contributed by atoms with Crippen LogP contribution in [0.1, 0.15) is 36.7 Å². The highest BCUT2D eigenvalue weighted by molar-refractivity contribution is 6.43. The van der Waals surface area contributed by atoms with E-state index in [1.807, 2.05) is 19.9 Å². The zero-order valence-corrected chi connectivity index (χ0v) is 15.6. The van der Waals surface area contributed by atoms with Gasteiger partial charge in [0.05, 0.1) is 0 Å². The van der Waals surface area contributed by atoms with Crippen LogP contribution in [0, 0.1) is 11.1 Å². The van der Waals surface area contributed by atoms with Crippen LogP contribution in [0.3, 0.4) is 0 Å². The maximum atomic E-state index is 13.0. The van der Waals surface area contributed by atoms with Crippen LogP contribution in [0.15, 0.2) is 59.8 Å². The predicted molar refractivity (Wildman–Crippen MR) is 103 cm³/mol. The lowest BCUT2D eigenvalue weighted by Gasteiger charge is -2.22. The molecule has 1 atom stereocenters. The number of halogens is 1. The van der Waals surface area contributed by atoms with Gasteiger partial charge in [0.25, 0.3) is 5.78 Å². The van der Waals surface area contributed by atoms with Gasteiger partial charge in [-0.3, -0.25) is 4.79 Å². The Morgan fingerprint density at radius 1 is 1.08 bits per heavy atom. The molecule has 0 saturated carbocycles. The highest BCUT2D eigenvalue weighted by Gasteiger charge is 2.32. The Bertz CT molecular complexity index is 828. The average molecular weight is 373 g/mol. The van der Waals surface area contributed by atoms with Crippen LogP contribution < -0.4 is 0 Å². The van der Waals surface area contributed by atoms with E-state index in [1.54, 1.807) is 48.5 Å². The molecule has 0 saturated heterocycles. The van der Waals surface area contributed by atoms with Gasteiger partial charge in [-0.25, -0.2) is 0 Å². The second-order valence-electron chi connectivity index (χ2n) is 6.29. The molecule has 26 heavy (non-hydrogen) atoms. The molecule has 0 unspecified atom stereocenters. The van der Waals surface area contributed by atoms with Crippen LogP contribution in [0.2, 0.25) is 5.02 Å². The van der Waals surface area contributed by atoms with Gasteiger partial charge < -0.3 is 10.4 Å². The first-order chi connectivity index (χ1) is 12.4. The van der Waals surface area contributed by atoms with E-state index in [-0.39, 0.29) is 17.3 Å². The van der Waals surface area contributed by atoms with Crippen molar-refractivity contribution in [2.24, 2.45) is 11.1 Å². The van der Waals surface area contributed by atoms with Crippen molar-refractivity contribution in [3.05, 3.63) is 76.0 Å². The Hall–Kier alpha value is -2.66. The molecule has 5 nitrogen and oxygen atoms in total. The summed E-state index contributed by atoms with van der Waals surface area (Å²) >= 11 is 5.84. The van der Waals surface area contributed by atoms with E-state index >= 15 is 0 Å². The maximum Gasteiger partial charge on any atom is 0.252 e. The third kappa shape index (κ3) is 4.29. The van der Waals surface area contributed by atoms with Crippen LogP contribution >= 0.6 is 11.6 Å². The number of ketones is 1. The molecule has 2 aromatic rings. The normalized spacial score (nSPS) is 14.1. The summed E-state index contributed by atoms with van der Waals surface area (Å²) in [7, 11) is 0. The van der Waals surface area contributed by atoms with Crippen molar-refractivity contribution in [3.8, 4) is 0 Å². The number of oxime groups is 1. The summed E-state index contributed by atoms with van der Waals surface area (Å²) in [5.41, 5.74) is 1.24. The molecule has 0 aliphatic heterocycles. The number of carbonyl (C=O) groups excluding carboxylic acids is 1. The molecule has 0 aliphatic rings. The van der Waals surface area contributed by atoms with Crippen molar-refractivity contribution >= 4 is 28.8 Å². The summed E-state index contributed by atoms with van der Waals surface area (Å²) in [6.45, 7) is 5.15. The molecule has 0 fully saturated rings. The predicted octanol–water partition coefficient (Wildman–Crippen LogP) is 4.40. The van der Waals surface area contributed by atoms with E-state index in [0.29, 0.717) is 20.9 Å². The maximum absolute atomic E-state index is 13.0. The van der Waals surface area contributed by atoms with Crippen LogP contribution in [-0.2, 0) is 0 Å². The second kappa shape index (κ2) is 8.63. The van der Waals surface area contributed by atoms with Gasteiger partial charge in [-0.15, -0.1) is 0 Å². The molecular formula is C20H21ClN2O3. The Kier molecular flexibility index (Phi) is 6.52. The largest absolute Gasteiger partial charge is 0.623 e. The minimum Gasteiger partial charge on any atom is -0.623 e. The molecule has 0 aliphatic carbocycles. The topological polar surface area (TPSA) is 75.7 Å². The minimum absolute atomic E-state index is 0.0168. The molecule has 0 heterocycles. The lowest BCUT2D eigenvalue weighted by Crippen LogP contribution is -2.40. The van der Waals surface area contributed by atoms with Gasteiger partial charge in [0.1, 0.15) is 0 Å². The van der Waals surface area contributed by atoms with Crippen molar-refractivity contribution < 1.29 is 14.7 Å². The number of Topliss-reactive ketones (excluding diaryl/α,β-unsaturated/α-hetero) is 1.